The zero-order valence-electron chi connectivity index (χ0n) is 10.7. The molecule has 0 bridgehead atoms. The Morgan fingerprint density at radius 3 is 3.00 bits per heavy atom. The van der Waals surface area contributed by atoms with Crippen molar-refractivity contribution >= 4 is 21.8 Å². The van der Waals surface area contributed by atoms with E-state index in [9.17, 15) is 4.79 Å². The molecular weight excluding hydrogens is 338 g/mol. The van der Waals surface area contributed by atoms with Gasteiger partial charge in [0.2, 0.25) is 0 Å². The maximum absolute atomic E-state index is 11.8. The van der Waals surface area contributed by atoms with Crippen LogP contribution in [0.3, 0.4) is 0 Å². The summed E-state index contributed by atoms with van der Waals surface area (Å²) in [6, 6.07) is 6.93. The topological polar surface area (TPSA) is 85.8 Å². The van der Waals surface area contributed by atoms with Gasteiger partial charge in [-0.2, -0.15) is 0 Å². The number of nitrogens with zero attached hydrogens (tertiary/aromatic N) is 4. The van der Waals surface area contributed by atoms with Crippen LogP contribution in [0.2, 0.25) is 0 Å². The normalized spacial score (nSPS) is 10.5. The van der Waals surface area contributed by atoms with E-state index < -0.39 is 0 Å². The van der Waals surface area contributed by atoms with Gasteiger partial charge >= 0.3 is 0 Å². The molecule has 106 valence electrons. The number of carbonyl (C=O) groups excluding carboxylic acids is 1. The molecule has 0 fully saturated rings. The molecule has 0 atom stereocenters. The minimum Gasteiger partial charge on any atom is -0.444 e. The van der Waals surface area contributed by atoms with Crippen LogP contribution in [0.1, 0.15) is 16.2 Å². The molecule has 3 aromatic rings. The molecule has 0 aliphatic heterocycles. The summed E-state index contributed by atoms with van der Waals surface area (Å²) < 4.78 is 7.27. The van der Waals surface area contributed by atoms with Crippen molar-refractivity contribution in [3.63, 3.8) is 0 Å². The van der Waals surface area contributed by atoms with E-state index in [4.69, 9.17) is 4.42 Å². The molecule has 3 rings (SSSR count). The summed E-state index contributed by atoms with van der Waals surface area (Å²) in [5.74, 6) is -0.0712. The van der Waals surface area contributed by atoms with Crippen molar-refractivity contribution in [3.8, 4) is 5.69 Å². The van der Waals surface area contributed by atoms with Crippen LogP contribution in [0.15, 0.2) is 51.9 Å². The lowest BCUT2D eigenvalue weighted by atomic mass is 10.4. The standard InChI is InChI=1S/C13H10BrN5O2/c14-12-4-3-11(21-12)13(20)16-6-9-8-19(18-17-9)10-2-1-5-15-7-10/h1-5,7-8H,6H2,(H,16,20). The first-order chi connectivity index (χ1) is 10.2. The Hall–Kier alpha value is -2.48. The van der Waals surface area contributed by atoms with Crippen molar-refractivity contribution in [2.75, 3.05) is 0 Å². The zero-order chi connectivity index (χ0) is 14.7. The average molecular weight is 348 g/mol. The lowest BCUT2D eigenvalue weighted by Gasteiger charge is -1.99. The quantitative estimate of drug-likeness (QED) is 0.779. The predicted octanol–water partition coefficient (Wildman–Crippen LogP) is 1.95. The van der Waals surface area contributed by atoms with Gasteiger partial charge in [-0.3, -0.25) is 9.78 Å². The third kappa shape index (κ3) is 3.16. The van der Waals surface area contributed by atoms with Gasteiger partial charge in [0, 0.05) is 6.20 Å². The largest absolute Gasteiger partial charge is 0.444 e. The van der Waals surface area contributed by atoms with E-state index in [0.29, 0.717) is 10.4 Å². The van der Waals surface area contributed by atoms with E-state index in [1.54, 1.807) is 35.4 Å². The van der Waals surface area contributed by atoms with E-state index in [0.717, 1.165) is 5.69 Å². The summed E-state index contributed by atoms with van der Waals surface area (Å²) in [5.41, 5.74) is 1.44. The molecule has 0 aromatic carbocycles. The van der Waals surface area contributed by atoms with Crippen LogP contribution in [0.5, 0.6) is 0 Å². The second-order valence-corrected chi connectivity index (χ2v) is 4.93. The van der Waals surface area contributed by atoms with Gasteiger partial charge in [0.1, 0.15) is 5.69 Å². The fraction of sp³-hybridized carbons (Fsp3) is 0.0769. The van der Waals surface area contributed by atoms with Crippen LogP contribution in [0.25, 0.3) is 5.69 Å². The molecule has 3 aromatic heterocycles. The Morgan fingerprint density at radius 1 is 1.38 bits per heavy atom. The second-order valence-electron chi connectivity index (χ2n) is 4.15. The molecule has 0 saturated heterocycles. The maximum atomic E-state index is 11.8. The average Bonchev–Trinajstić information content (AvgIpc) is 3.15. The van der Waals surface area contributed by atoms with Crippen molar-refractivity contribution in [1.29, 1.82) is 0 Å². The molecule has 1 amide bonds. The van der Waals surface area contributed by atoms with E-state index in [1.165, 1.54) is 0 Å². The maximum Gasteiger partial charge on any atom is 0.287 e. The summed E-state index contributed by atoms with van der Waals surface area (Å²) >= 11 is 3.15. The molecule has 21 heavy (non-hydrogen) atoms. The fourth-order valence-corrected chi connectivity index (χ4v) is 2.00. The third-order valence-electron chi connectivity index (χ3n) is 2.68. The molecule has 0 saturated carbocycles. The number of halogens is 1. The minimum atomic E-state index is -0.309. The van der Waals surface area contributed by atoms with E-state index in [1.807, 2.05) is 12.1 Å². The van der Waals surface area contributed by atoms with Crippen molar-refractivity contribution in [2.24, 2.45) is 0 Å². The smallest absolute Gasteiger partial charge is 0.287 e. The Kier molecular flexibility index (Phi) is 3.78. The van der Waals surface area contributed by atoms with Crippen molar-refractivity contribution < 1.29 is 9.21 Å². The van der Waals surface area contributed by atoms with Gasteiger partial charge in [0.05, 0.1) is 24.6 Å². The number of carbonyl (C=O) groups is 1. The number of furan rings is 1. The minimum absolute atomic E-state index is 0.238. The number of hydrogen-bond acceptors (Lipinski definition) is 5. The van der Waals surface area contributed by atoms with Crippen molar-refractivity contribution in [1.82, 2.24) is 25.3 Å². The number of nitrogens with one attached hydrogen (secondary N) is 1. The molecule has 0 spiro atoms. The number of hydrogen-bond donors (Lipinski definition) is 1. The van der Waals surface area contributed by atoms with Crippen LogP contribution >= 0.6 is 15.9 Å². The zero-order valence-corrected chi connectivity index (χ0v) is 12.3. The SMILES string of the molecule is O=C(NCc1cn(-c2cccnc2)nn1)c1ccc(Br)o1. The summed E-state index contributed by atoms with van der Waals surface area (Å²) in [7, 11) is 0. The molecule has 3 heterocycles. The van der Waals surface area contributed by atoms with Gasteiger partial charge in [-0.25, -0.2) is 4.68 Å². The Labute approximate surface area is 128 Å². The Morgan fingerprint density at radius 2 is 2.29 bits per heavy atom. The molecule has 1 N–H and O–H groups in total. The third-order valence-corrected chi connectivity index (χ3v) is 3.10. The van der Waals surface area contributed by atoms with Gasteiger partial charge in [0.25, 0.3) is 5.91 Å². The van der Waals surface area contributed by atoms with Gasteiger partial charge in [-0.15, -0.1) is 5.10 Å². The van der Waals surface area contributed by atoms with Crippen LogP contribution in [-0.2, 0) is 6.54 Å². The highest BCUT2D eigenvalue weighted by atomic mass is 79.9. The van der Waals surface area contributed by atoms with Crippen molar-refractivity contribution in [3.05, 3.63) is 59.0 Å². The second kappa shape index (κ2) is 5.88. The van der Waals surface area contributed by atoms with Crippen molar-refractivity contribution in [2.45, 2.75) is 6.54 Å². The number of pyridine rings is 1. The van der Waals surface area contributed by atoms with Gasteiger partial charge in [0.15, 0.2) is 10.4 Å². The lowest BCUT2D eigenvalue weighted by Crippen LogP contribution is -2.22. The highest BCUT2D eigenvalue weighted by Crippen LogP contribution is 2.13. The summed E-state index contributed by atoms with van der Waals surface area (Å²) in [6.45, 7) is 0.261. The first kappa shape index (κ1) is 13.5. The molecule has 0 aliphatic carbocycles. The highest BCUT2D eigenvalue weighted by molar-refractivity contribution is 9.10. The number of aromatic nitrogens is 4. The molecule has 0 aliphatic rings. The summed E-state index contributed by atoms with van der Waals surface area (Å²) in [6.07, 6.45) is 5.09. The summed E-state index contributed by atoms with van der Waals surface area (Å²) in [5, 5.41) is 10.7. The Balaban J connectivity index is 1.64. The summed E-state index contributed by atoms with van der Waals surface area (Å²) in [4.78, 5) is 15.8. The highest BCUT2D eigenvalue weighted by Gasteiger charge is 2.11. The predicted molar refractivity (Wildman–Crippen MR) is 76.7 cm³/mol. The van der Waals surface area contributed by atoms with Gasteiger partial charge < -0.3 is 9.73 Å². The lowest BCUT2D eigenvalue weighted by molar-refractivity contribution is 0.0921. The number of rotatable bonds is 4. The van der Waals surface area contributed by atoms with Gasteiger partial charge in [-0.05, 0) is 40.2 Å². The van der Waals surface area contributed by atoms with E-state index >= 15 is 0 Å². The Bertz CT molecular complexity index is 753. The molecular formula is C13H10BrN5O2. The fourth-order valence-electron chi connectivity index (χ4n) is 1.69. The first-order valence-corrected chi connectivity index (χ1v) is 6.87. The van der Waals surface area contributed by atoms with Crippen LogP contribution in [0, 0.1) is 0 Å². The molecule has 0 radical (unpaired) electrons. The van der Waals surface area contributed by atoms with Crippen LogP contribution < -0.4 is 5.32 Å². The molecule has 7 nitrogen and oxygen atoms in total. The number of amides is 1. The van der Waals surface area contributed by atoms with E-state index in [2.05, 4.69) is 36.5 Å². The first-order valence-electron chi connectivity index (χ1n) is 6.07. The molecule has 8 heteroatoms. The molecule has 0 unspecified atom stereocenters. The van der Waals surface area contributed by atoms with Crippen LogP contribution in [-0.4, -0.2) is 25.9 Å². The monoisotopic (exact) mass is 347 g/mol. The van der Waals surface area contributed by atoms with Gasteiger partial charge in [-0.1, -0.05) is 5.21 Å². The van der Waals surface area contributed by atoms with E-state index in [-0.39, 0.29) is 18.2 Å². The van der Waals surface area contributed by atoms with Crippen LogP contribution in [0.4, 0.5) is 0 Å².